The molecular weight excluding hydrogens is 276 g/mol. The maximum absolute atomic E-state index is 12.0. The Hall–Kier alpha value is -1.43. The van der Waals surface area contributed by atoms with Gasteiger partial charge in [0.15, 0.2) is 5.78 Å². The summed E-state index contributed by atoms with van der Waals surface area (Å²) < 4.78 is 5.34. The highest BCUT2D eigenvalue weighted by Gasteiger charge is 2.22. The van der Waals surface area contributed by atoms with Gasteiger partial charge in [0.25, 0.3) is 0 Å². The molecule has 0 unspecified atom stereocenters. The van der Waals surface area contributed by atoms with E-state index in [1.807, 2.05) is 27.7 Å². The van der Waals surface area contributed by atoms with Gasteiger partial charge in [-0.05, 0) is 34.6 Å². The molecule has 0 radical (unpaired) electrons. The fraction of sp³-hybridized carbons (Fsp3) is 0.643. The second-order valence-corrected chi connectivity index (χ2v) is 6.66. The first kappa shape index (κ1) is 16.6. The summed E-state index contributed by atoms with van der Waals surface area (Å²) in [6.07, 6.45) is -0.364. The number of hydrogen-bond acceptors (Lipinski definition) is 5. The van der Waals surface area contributed by atoms with E-state index < -0.39 is 5.60 Å². The number of thiazole rings is 1. The van der Waals surface area contributed by atoms with Crippen molar-refractivity contribution in [2.24, 2.45) is 0 Å². The Morgan fingerprint density at radius 2 is 1.95 bits per heavy atom. The molecule has 0 N–H and O–H groups in total. The number of amides is 1. The lowest BCUT2D eigenvalue weighted by Crippen LogP contribution is -2.36. The van der Waals surface area contributed by atoms with Crippen LogP contribution in [0.5, 0.6) is 0 Å². The van der Waals surface area contributed by atoms with E-state index in [0.29, 0.717) is 18.0 Å². The fourth-order valence-corrected chi connectivity index (χ4v) is 2.62. The van der Waals surface area contributed by atoms with Crippen molar-refractivity contribution in [2.45, 2.75) is 53.7 Å². The summed E-state index contributed by atoms with van der Waals surface area (Å²) in [7, 11) is 0. The fourth-order valence-electron chi connectivity index (χ4n) is 1.64. The summed E-state index contributed by atoms with van der Waals surface area (Å²) in [4.78, 5) is 30.0. The minimum Gasteiger partial charge on any atom is -0.444 e. The number of Topliss-reactive ketones (excluding diaryl/α,β-unsaturated/α-hetero) is 1. The number of ketones is 1. The van der Waals surface area contributed by atoms with E-state index in [1.54, 1.807) is 11.8 Å². The molecule has 0 saturated carbocycles. The summed E-state index contributed by atoms with van der Waals surface area (Å²) in [5.74, 6) is 0.00608. The standard InChI is InChI=1S/C14H22N2O3S/c1-7-16(13(18)19-14(4,5)6)8-11-15-9(2)12(20-11)10(3)17/h7-8H2,1-6H3. The molecule has 6 heteroatoms. The van der Waals surface area contributed by atoms with Gasteiger partial charge in [0.2, 0.25) is 0 Å². The van der Waals surface area contributed by atoms with E-state index in [-0.39, 0.29) is 11.9 Å². The first-order valence-electron chi connectivity index (χ1n) is 6.59. The average Bonchev–Trinajstić information content (AvgIpc) is 2.64. The molecule has 0 bridgehead atoms. The Kier molecular flexibility index (Phi) is 5.28. The topological polar surface area (TPSA) is 59.5 Å². The molecule has 0 spiro atoms. The Morgan fingerprint density at radius 3 is 2.35 bits per heavy atom. The molecule has 5 nitrogen and oxygen atoms in total. The number of carbonyl (C=O) groups is 2. The maximum Gasteiger partial charge on any atom is 0.410 e. The van der Waals surface area contributed by atoms with Crippen molar-refractivity contribution in [3.05, 3.63) is 15.6 Å². The molecular formula is C14H22N2O3S. The van der Waals surface area contributed by atoms with Crippen LogP contribution in [0.1, 0.15) is 55.0 Å². The van der Waals surface area contributed by atoms with Crippen molar-refractivity contribution in [1.82, 2.24) is 9.88 Å². The monoisotopic (exact) mass is 298 g/mol. The largest absolute Gasteiger partial charge is 0.444 e. The molecule has 0 saturated heterocycles. The van der Waals surface area contributed by atoms with Gasteiger partial charge in [0.05, 0.1) is 17.1 Å². The van der Waals surface area contributed by atoms with Gasteiger partial charge in [-0.25, -0.2) is 9.78 Å². The number of rotatable bonds is 4. The van der Waals surface area contributed by atoms with Crippen molar-refractivity contribution in [1.29, 1.82) is 0 Å². The molecule has 0 atom stereocenters. The highest BCUT2D eigenvalue weighted by atomic mass is 32.1. The van der Waals surface area contributed by atoms with Crippen molar-refractivity contribution in [3.63, 3.8) is 0 Å². The normalized spacial score (nSPS) is 11.3. The van der Waals surface area contributed by atoms with Crippen molar-refractivity contribution in [2.75, 3.05) is 6.54 Å². The van der Waals surface area contributed by atoms with Gasteiger partial charge in [-0.15, -0.1) is 11.3 Å². The van der Waals surface area contributed by atoms with Gasteiger partial charge in [-0.3, -0.25) is 4.79 Å². The maximum atomic E-state index is 12.0. The zero-order chi connectivity index (χ0) is 15.5. The summed E-state index contributed by atoms with van der Waals surface area (Å²) in [6.45, 7) is 11.6. The first-order chi connectivity index (χ1) is 9.14. The Morgan fingerprint density at radius 1 is 1.35 bits per heavy atom. The van der Waals surface area contributed by atoms with Gasteiger partial charge in [0, 0.05) is 13.5 Å². The molecule has 20 heavy (non-hydrogen) atoms. The molecule has 0 aliphatic carbocycles. The number of carbonyl (C=O) groups excluding carboxylic acids is 2. The molecule has 1 aromatic heterocycles. The molecule has 0 aromatic carbocycles. The number of aryl methyl sites for hydroxylation is 1. The van der Waals surface area contributed by atoms with Crippen LogP contribution in [0.25, 0.3) is 0 Å². The van der Waals surface area contributed by atoms with E-state index in [2.05, 4.69) is 4.98 Å². The number of ether oxygens (including phenoxy) is 1. The summed E-state index contributed by atoms with van der Waals surface area (Å²) in [5, 5.41) is 0.750. The van der Waals surface area contributed by atoms with E-state index in [4.69, 9.17) is 4.74 Å². The van der Waals surface area contributed by atoms with Crippen LogP contribution in [0, 0.1) is 6.92 Å². The molecule has 1 heterocycles. The quantitative estimate of drug-likeness (QED) is 0.799. The Bertz CT molecular complexity index is 503. The van der Waals surface area contributed by atoms with Crippen LogP contribution in [0.2, 0.25) is 0 Å². The molecule has 1 amide bonds. The van der Waals surface area contributed by atoms with Crippen molar-refractivity contribution < 1.29 is 14.3 Å². The third kappa shape index (κ3) is 4.59. The zero-order valence-electron chi connectivity index (χ0n) is 12.9. The third-order valence-electron chi connectivity index (χ3n) is 2.52. The number of nitrogens with zero attached hydrogens (tertiary/aromatic N) is 2. The zero-order valence-corrected chi connectivity index (χ0v) is 13.8. The van der Waals surface area contributed by atoms with Crippen molar-refractivity contribution in [3.8, 4) is 0 Å². The summed E-state index contributed by atoms with van der Waals surface area (Å²) >= 11 is 1.34. The predicted octanol–water partition coefficient (Wildman–Crippen LogP) is 3.41. The summed E-state index contributed by atoms with van der Waals surface area (Å²) in [6, 6.07) is 0. The lowest BCUT2D eigenvalue weighted by molar-refractivity contribution is 0.0244. The molecule has 1 aromatic rings. The van der Waals surface area contributed by atoms with Gasteiger partial charge < -0.3 is 9.64 Å². The number of hydrogen-bond donors (Lipinski definition) is 0. The van der Waals surface area contributed by atoms with Gasteiger partial charge >= 0.3 is 6.09 Å². The van der Waals surface area contributed by atoms with E-state index in [0.717, 1.165) is 10.7 Å². The lowest BCUT2D eigenvalue weighted by Gasteiger charge is -2.25. The summed E-state index contributed by atoms with van der Waals surface area (Å²) in [5.41, 5.74) is 0.200. The lowest BCUT2D eigenvalue weighted by atomic mass is 10.2. The molecule has 112 valence electrons. The number of aromatic nitrogens is 1. The van der Waals surface area contributed by atoms with Crippen LogP contribution < -0.4 is 0 Å². The highest BCUT2D eigenvalue weighted by molar-refractivity contribution is 7.13. The predicted molar refractivity (Wildman–Crippen MR) is 79.2 cm³/mol. The van der Waals surface area contributed by atoms with Crippen molar-refractivity contribution >= 4 is 23.2 Å². The minimum absolute atomic E-state index is 0.00608. The van der Waals surface area contributed by atoms with Gasteiger partial charge in [-0.1, -0.05) is 0 Å². The van der Waals surface area contributed by atoms with Crippen LogP contribution in [0.15, 0.2) is 0 Å². The molecule has 0 fully saturated rings. The van der Waals surface area contributed by atoms with Gasteiger partial charge in [-0.2, -0.15) is 0 Å². The Labute approximate surface area is 124 Å². The minimum atomic E-state index is -0.520. The molecule has 0 aliphatic heterocycles. The Balaban J connectivity index is 2.81. The molecule has 0 aliphatic rings. The van der Waals surface area contributed by atoms with Crippen LogP contribution in [-0.2, 0) is 11.3 Å². The third-order valence-corrected chi connectivity index (χ3v) is 3.76. The smallest absolute Gasteiger partial charge is 0.410 e. The van der Waals surface area contributed by atoms with Crippen LogP contribution in [0.4, 0.5) is 4.79 Å². The van der Waals surface area contributed by atoms with Gasteiger partial charge in [0.1, 0.15) is 10.6 Å². The van der Waals surface area contributed by atoms with Crippen LogP contribution in [-0.4, -0.2) is 33.9 Å². The van der Waals surface area contributed by atoms with E-state index in [1.165, 1.54) is 18.3 Å². The second-order valence-electron chi connectivity index (χ2n) is 5.57. The first-order valence-corrected chi connectivity index (χ1v) is 7.41. The molecule has 1 rings (SSSR count). The highest BCUT2D eigenvalue weighted by Crippen LogP contribution is 2.21. The second kappa shape index (κ2) is 6.35. The van der Waals surface area contributed by atoms with Crippen LogP contribution >= 0.6 is 11.3 Å². The van der Waals surface area contributed by atoms with Crippen LogP contribution in [0.3, 0.4) is 0 Å². The van der Waals surface area contributed by atoms with E-state index in [9.17, 15) is 9.59 Å². The SMILES string of the molecule is CCN(Cc1nc(C)c(C(C)=O)s1)C(=O)OC(C)(C)C. The van der Waals surface area contributed by atoms with E-state index >= 15 is 0 Å². The average molecular weight is 298 g/mol.